The molecule has 3 rings (SSSR count). The Morgan fingerprint density at radius 1 is 1.31 bits per heavy atom. The van der Waals surface area contributed by atoms with Crippen molar-refractivity contribution in [2.45, 2.75) is 30.1 Å². The van der Waals surface area contributed by atoms with Gasteiger partial charge in [0.25, 0.3) is 0 Å². The van der Waals surface area contributed by atoms with E-state index in [0.29, 0.717) is 13.1 Å². The summed E-state index contributed by atoms with van der Waals surface area (Å²) < 4.78 is 43.1. The van der Waals surface area contributed by atoms with Crippen LogP contribution in [0.4, 0.5) is 13.2 Å². The first kappa shape index (κ1) is 19.1. The third-order valence-electron chi connectivity index (χ3n) is 5.47. The summed E-state index contributed by atoms with van der Waals surface area (Å²) in [6.07, 6.45) is -5.19. The van der Waals surface area contributed by atoms with E-state index in [1.165, 1.54) is 7.11 Å². The molecular formula is C18H23F3N2O3. The molecule has 0 unspecified atom stereocenters. The normalized spacial score (nSPS) is 25.0. The molecule has 2 heterocycles. The van der Waals surface area contributed by atoms with E-state index in [2.05, 4.69) is 0 Å². The molecule has 26 heavy (non-hydrogen) atoms. The van der Waals surface area contributed by atoms with Gasteiger partial charge in [0.2, 0.25) is 5.91 Å². The van der Waals surface area contributed by atoms with E-state index in [0.717, 1.165) is 5.56 Å². The van der Waals surface area contributed by atoms with E-state index < -0.39 is 18.1 Å². The number of rotatable bonds is 6. The molecule has 0 radical (unpaired) electrons. The highest BCUT2D eigenvalue weighted by molar-refractivity contribution is 5.79. The number of aliphatic hydroxyl groups excluding tert-OH is 1. The van der Waals surface area contributed by atoms with Gasteiger partial charge in [-0.25, -0.2) is 0 Å². The van der Waals surface area contributed by atoms with Crippen molar-refractivity contribution in [1.29, 1.82) is 0 Å². The van der Waals surface area contributed by atoms with Gasteiger partial charge in [0.05, 0.1) is 18.6 Å². The Hall–Kier alpha value is -1.64. The number of alkyl halides is 3. The Kier molecular flexibility index (Phi) is 5.28. The maximum atomic E-state index is 12.7. The van der Waals surface area contributed by atoms with Gasteiger partial charge in [-0.1, -0.05) is 30.3 Å². The van der Waals surface area contributed by atoms with Gasteiger partial charge in [0.1, 0.15) is 6.61 Å². The van der Waals surface area contributed by atoms with Gasteiger partial charge in [-0.05, 0) is 5.56 Å². The zero-order chi connectivity index (χ0) is 18.9. The summed E-state index contributed by atoms with van der Waals surface area (Å²) >= 11 is 0. The van der Waals surface area contributed by atoms with Crippen molar-refractivity contribution in [2.75, 3.05) is 40.0 Å². The quantitative estimate of drug-likeness (QED) is 0.825. The van der Waals surface area contributed by atoms with Crippen molar-refractivity contribution in [3.05, 3.63) is 35.9 Å². The third-order valence-corrected chi connectivity index (χ3v) is 5.47. The van der Waals surface area contributed by atoms with Crippen LogP contribution in [0.3, 0.4) is 0 Å². The summed E-state index contributed by atoms with van der Waals surface area (Å²) in [6.45, 7) is 0.264. The molecule has 2 fully saturated rings. The number of ether oxygens (including phenoxy) is 1. The van der Waals surface area contributed by atoms with Gasteiger partial charge in [-0.15, -0.1) is 0 Å². The van der Waals surface area contributed by atoms with Gasteiger partial charge >= 0.3 is 6.18 Å². The first-order chi connectivity index (χ1) is 12.3. The predicted octanol–water partition coefficient (Wildman–Crippen LogP) is 1.63. The molecule has 0 aliphatic carbocycles. The summed E-state index contributed by atoms with van der Waals surface area (Å²) in [6, 6.07) is 9.11. The van der Waals surface area contributed by atoms with E-state index in [9.17, 15) is 23.1 Å². The summed E-state index contributed by atoms with van der Waals surface area (Å²) in [4.78, 5) is 15.4. The highest BCUT2D eigenvalue weighted by atomic mass is 19.4. The summed E-state index contributed by atoms with van der Waals surface area (Å²) in [7, 11) is 1.43. The number of halogens is 3. The summed E-state index contributed by atoms with van der Waals surface area (Å²) in [5, 5.41) is 9.81. The van der Waals surface area contributed by atoms with Gasteiger partial charge in [0.15, 0.2) is 0 Å². The van der Waals surface area contributed by atoms with Crippen LogP contribution in [0.25, 0.3) is 0 Å². The highest BCUT2D eigenvalue weighted by Gasteiger charge is 2.66. The largest absolute Gasteiger partial charge is 0.395 e. The number of benzene rings is 1. The number of carbonyl (C=O) groups excluding carboxylic acids is 1. The van der Waals surface area contributed by atoms with Crippen molar-refractivity contribution in [2.24, 2.45) is 0 Å². The third kappa shape index (κ3) is 3.33. The lowest BCUT2D eigenvalue weighted by atomic mass is 9.60. The fourth-order valence-corrected chi connectivity index (χ4v) is 4.38. The Bertz CT molecular complexity index is 632. The molecule has 1 aromatic carbocycles. The Balaban J connectivity index is 1.81. The number of aliphatic hydroxyl groups is 1. The van der Waals surface area contributed by atoms with Gasteiger partial charge in [-0.2, -0.15) is 13.2 Å². The second-order valence-electron chi connectivity index (χ2n) is 6.98. The summed E-state index contributed by atoms with van der Waals surface area (Å²) in [5.41, 5.74) is 0.428. The Labute approximate surface area is 150 Å². The molecule has 1 spiro atoms. The first-order valence-corrected chi connectivity index (χ1v) is 8.58. The highest BCUT2D eigenvalue weighted by Crippen LogP contribution is 2.54. The van der Waals surface area contributed by atoms with E-state index in [-0.39, 0.29) is 37.6 Å². The second kappa shape index (κ2) is 7.17. The molecule has 2 aliphatic heterocycles. The number of amides is 1. The van der Waals surface area contributed by atoms with Crippen LogP contribution in [-0.4, -0.2) is 78.5 Å². The molecule has 5 nitrogen and oxygen atoms in total. The van der Waals surface area contributed by atoms with Crippen LogP contribution in [0.15, 0.2) is 30.3 Å². The van der Waals surface area contributed by atoms with E-state index in [4.69, 9.17) is 4.74 Å². The number of carbonyl (C=O) groups is 1. The van der Waals surface area contributed by atoms with Crippen LogP contribution in [0, 0.1) is 0 Å². The van der Waals surface area contributed by atoms with Crippen molar-refractivity contribution in [1.82, 2.24) is 9.80 Å². The van der Waals surface area contributed by atoms with Crippen LogP contribution < -0.4 is 0 Å². The van der Waals surface area contributed by atoms with Gasteiger partial charge < -0.3 is 14.7 Å². The van der Waals surface area contributed by atoms with Crippen LogP contribution in [0.2, 0.25) is 0 Å². The average Bonchev–Trinajstić information content (AvgIpc) is 2.53. The Morgan fingerprint density at radius 3 is 2.50 bits per heavy atom. The molecule has 2 saturated heterocycles. The molecule has 0 saturated carbocycles. The van der Waals surface area contributed by atoms with Crippen LogP contribution in [0.5, 0.6) is 0 Å². The minimum Gasteiger partial charge on any atom is -0.395 e. The van der Waals surface area contributed by atoms with Gasteiger partial charge in [0, 0.05) is 38.7 Å². The van der Waals surface area contributed by atoms with Crippen LogP contribution >= 0.6 is 0 Å². The predicted molar refractivity (Wildman–Crippen MR) is 88.6 cm³/mol. The van der Waals surface area contributed by atoms with Crippen molar-refractivity contribution < 1.29 is 27.8 Å². The van der Waals surface area contributed by atoms with Crippen LogP contribution in [0.1, 0.15) is 17.9 Å². The zero-order valence-corrected chi connectivity index (χ0v) is 14.6. The molecule has 0 aromatic heterocycles. The SMILES string of the molecule is COCC(=O)N1CC2(C1)[C@@H](c1ccccc1)[C@@H](CO)N2CCC(F)(F)F. The molecule has 0 bridgehead atoms. The number of likely N-dealkylation sites (tertiary alicyclic amines) is 2. The lowest BCUT2D eigenvalue weighted by Crippen LogP contribution is -2.85. The standard InChI is InChI=1S/C18H23F3N2O3/c1-26-10-15(25)22-11-17(12-22)16(13-5-3-2-4-6-13)14(9-24)23(17)8-7-18(19,20)21/h2-6,14,16,24H,7-12H2,1H3/t14-,16+/m1/s1. The molecular weight excluding hydrogens is 349 g/mol. The average molecular weight is 372 g/mol. The topological polar surface area (TPSA) is 53.0 Å². The van der Waals surface area contributed by atoms with Gasteiger partial charge in [-0.3, -0.25) is 9.69 Å². The Morgan fingerprint density at radius 2 is 1.96 bits per heavy atom. The van der Waals surface area contributed by atoms with E-state index >= 15 is 0 Å². The minimum atomic E-state index is -4.26. The number of methoxy groups -OCH3 is 1. The number of hydrogen-bond donors (Lipinski definition) is 1. The molecule has 2 atom stereocenters. The minimum absolute atomic E-state index is 0.0436. The zero-order valence-electron chi connectivity index (χ0n) is 14.6. The fraction of sp³-hybridized carbons (Fsp3) is 0.611. The van der Waals surface area contributed by atoms with Crippen LogP contribution in [-0.2, 0) is 9.53 Å². The molecule has 2 aliphatic rings. The molecule has 8 heteroatoms. The van der Waals surface area contributed by atoms with E-state index in [1.807, 2.05) is 30.3 Å². The molecule has 144 valence electrons. The maximum absolute atomic E-state index is 12.7. The maximum Gasteiger partial charge on any atom is 0.390 e. The lowest BCUT2D eigenvalue weighted by Gasteiger charge is -2.70. The lowest BCUT2D eigenvalue weighted by molar-refractivity contribution is -0.210. The van der Waals surface area contributed by atoms with Crippen molar-refractivity contribution in [3.8, 4) is 0 Å². The molecule has 1 amide bonds. The number of nitrogens with zero attached hydrogens (tertiary/aromatic N) is 2. The smallest absolute Gasteiger partial charge is 0.390 e. The fourth-order valence-electron chi connectivity index (χ4n) is 4.38. The van der Waals surface area contributed by atoms with Crippen molar-refractivity contribution in [3.63, 3.8) is 0 Å². The number of hydrogen-bond acceptors (Lipinski definition) is 4. The van der Waals surface area contributed by atoms with E-state index in [1.54, 1.807) is 9.80 Å². The second-order valence-corrected chi connectivity index (χ2v) is 6.98. The van der Waals surface area contributed by atoms with Crippen molar-refractivity contribution >= 4 is 5.91 Å². The molecule has 1 aromatic rings. The molecule has 1 N–H and O–H groups in total. The summed E-state index contributed by atoms with van der Waals surface area (Å²) in [5.74, 6) is -0.276. The first-order valence-electron chi connectivity index (χ1n) is 8.58. The monoisotopic (exact) mass is 372 g/mol.